The lowest BCUT2D eigenvalue weighted by atomic mass is 9.90. The second-order valence-corrected chi connectivity index (χ2v) is 8.51. The number of benzene rings is 2. The van der Waals surface area contributed by atoms with E-state index in [4.69, 9.17) is 9.47 Å². The molecule has 4 rings (SSSR count). The van der Waals surface area contributed by atoms with Crippen LogP contribution >= 0.6 is 11.8 Å². The van der Waals surface area contributed by atoms with Gasteiger partial charge in [0.1, 0.15) is 24.0 Å². The molecule has 0 spiro atoms. The van der Waals surface area contributed by atoms with Gasteiger partial charge in [0.05, 0.1) is 17.8 Å². The van der Waals surface area contributed by atoms with Crippen molar-refractivity contribution in [3.63, 3.8) is 0 Å². The first kappa shape index (κ1) is 20.5. The lowest BCUT2D eigenvalue weighted by Gasteiger charge is -2.35. The predicted octanol–water partition coefficient (Wildman–Crippen LogP) is 4.79. The highest BCUT2D eigenvalue weighted by Gasteiger charge is 2.38. The standard InChI is InChI=1S/C23H23FN2O3S/c1-16-25-7-8-26(16)20-5-3-4-17(10-20)15-29-21-12-18(11-19(24)13-21)23(30-2)6-9-28-22(27)14-23/h3-5,7-8,10-13H,6,9,14-15H2,1-2H3. The molecule has 0 aliphatic carbocycles. The number of aromatic nitrogens is 2. The molecule has 0 amide bonds. The van der Waals surface area contributed by atoms with Gasteiger partial charge >= 0.3 is 5.97 Å². The summed E-state index contributed by atoms with van der Waals surface area (Å²) in [4.78, 5) is 16.1. The number of thioether (sulfide) groups is 1. The average Bonchev–Trinajstić information content (AvgIpc) is 3.18. The molecule has 1 aliphatic rings. The molecule has 1 saturated heterocycles. The summed E-state index contributed by atoms with van der Waals surface area (Å²) in [5.74, 6) is 0.712. The predicted molar refractivity (Wildman–Crippen MR) is 114 cm³/mol. The van der Waals surface area contributed by atoms with Gasteiger partial charge in [0.25, 0.3) is 0 Å². The third kappa shape index (κ3) is 4.21. The molecular weight excluding hydrogens is 403 g/mol. The van der Waals surface area contributed by atoms with Crippen molar-refractivity contribution in [1.82, 2.24) is 9.55 Å². The molecule has 2 aromatic carbocycles. The van der Waals surface area contributed by atoms with Gasteiger partial charge in [-0.05, 0) is 48.6 Å². The summed E-state index contributed by atoms with van der Waals surface area (Å²) >= 11 is 1.55. The molecule has 0 saturated carbocycles. The summed E-state index contributed by atoms with van der Waals surface area (Å²) in [5, 5.41) is 0. The number of aryl methyl sites for hydroxylation is 1. The van der Waals surface area contributed by atoms with Gasteiger partial charge in [-0.1, -0.05) is 12.1 Å². The molecule has 5 nitrogen and oxygen atoms in total. The Balaban J connectivity index is 1.55. The first-order chi connectivity index (χ1) is 14.5. The molecule has 1 unspecified atom stereocenters. The summed E-state index contributed by atoms with van der Waals surface area (Å²) in [5.41, 5.74) is 2.71. The number of hydrogen-bond acceptors (Lipinski definition) is 5. The van der Waals surface area contributed by atoms with Crippen LogP contribution in [-0.2, 0) is 20.9 Å². The number of rotatable bonds is 6. The monoisotopic (exact) mass is 426 g/mol. The fraction of sp³-hybridized carbons (Fsp3) is 0.304. The molecular formula is C23H23FN2O3S. The van der Waals surface area contributed by atoms with Gasteiger partial charge in [0.15, 0.2) is 0 Å². The summed E-state index contributed by atoms with van der Waals surface area (Å²) in [6, 6.07) is 12.7. The number of esters is 1. The first-order valence-corrected chi connectivity index (χ1v) is 11.0. The second kappa shape index (κ2) is 8.52. The molecule has 3 aromatic rings. The Morgan fingerprint density at radius 3 is 2.90 bits per heavy atom. The molecule has 156 valence electrons. The Labute approximate surface area is 179 Å². The highest BCUT2D eigenvalue weighted by molar-refractivity contribution is 7.99. The van der Waals surface area contributed by atoms with Crippen LogP contribution in [0.15, 0.2) is 54.9 Å². The van der Waals surface area contributed by atoms with E-state index in [0.29, 0.717) is 25.4 Å². The first-order valence-electron chi connectivity index (χ1n) is 9.73. The summed E-state index contributed by atoms with van der Waals surface area (Å²) in [6.07, 6.45) is 6.48. The minimum Gasteiger partial charge on any atom is -0.489 e. The van der Waals surface area contributed by atoms with Crippen LogP contribution in [0.4, 0.5) is 4.39 Å². The zero-order valence-electron chi connectivity index (χ0n) is 16.9. The SMILES string of the molecule is CSC1(c2cc(F)cc(OCc3cccc(-n4ccnc4C)c3)c2)CCOC(=O)C1. The fourth-order valence-electron chi connectivity index (χ4n) is 3.76. The number of halogens is 1. The van der Waals surface area contributed by atoms with E-state index in [-0.39, 0.29) is 18.2 Å². The fourth-order valence-corrected chi connectivity index (χ4v) is 4.67. The van der Waals surface area contributed by atoms with Gasteiger partial charge in [-0.15, -0.1) is 0 Å². The molecule has 7 heteroatoms. The Morgan fingerprint density at radius 1 is 1.30 bits per heavy atom. The Bertz CT molecular complexity index is 1070. The zero-order valence-corrected chi connectivity index (χ0v) is 17.7. The maximum Gasteiger partial charge on any atom is 0.307 e. The molecule has 0 N–H and O–H groups in total. The number of carbonyl (C=O) groups is 1. The van der Waals surface area contributed by atoms with E-state index in [1.54, 1.807) is 18.0 Å². The number of hydrogen-bond donors (Lipinski definition) is 0. The number of cyclic esters (lactones) is 1. The smallest absolute Gasteiger partial charge is 0.307 e. The van der Waals surface area contributed by atoms with Crippen LogP contribution in [0, 0.1) is 12.7 Å². The quantitative estimate of drug-likeness (QED) is 0.530. The van der Waals surface area contributed by atoms with Crippen LogP contribution in [0.5, 0.6) is 5.75 Å². The van der Waals surface area contributed by atoms with E-state index >= 15 is 0 Å². The maximum absolute atomic E-state index is 14.4. The maximum atomic E-state index is 14.4. The third-order valence-electron chi connectivity index (χ3n) is 5.41. The normalized spacial score (nSPS) is 18.8. The highest BCUT2D eigenvalue weighted by Crippen LogP contribution is 2.45. The molecule has 0 radical (unpaired) electrons. The van der Waals surface area contributed by atoms with Crippen LogP contribution < -0.4 is 4.74 Å². The van der Waals surface area contributed by atoms with Crippen molar-refractivity contribution in [2.24, 2.45) is 0 Å². The van der Waals surface area contributed by atoms with Crippen molar-refractivity contribution >= 4 is 17.7 Å². The van der Waals surface area contributed by atoms with E-state index < -0.39 is 4.75 Å². The van der Waals surface area contributed by atoms with Crippen molar-refractivity contribution in [3.8, 4) is 11.4 Å². The van der Waals surface area contributed by atoms with Crippen molar-refractivity contribution in [3.05, 3.63) is 77.6 Å². The lowest BCUT2D eigenvalue weighted by Crippen LogP contribution is -2.33. The van der Waals surface area contributed by atoms with Crippen molar-refractivity contribution in [2.45, 2.75) is 31.1 Å². The number of nitrogens with zero attached hydrogens (tertiary/aromatic N) is 2. The van der Waals surface area contributed by atoms with E-state index in [1.807, 2.05) is 54.3 Å². The molecule has 1 aliphatic heterocycles. The summed E-state index contributed by atoms with van der Waals surface area (Å²) < 4.78 is 26.9. The Morgan fingerprint density at radius 2 is 2.17 bits per heavy atom. The summed E-state index contributed by atoms with van der Waals surface area (Å²) in [6.45, 7) is 2.59. The van der Waals surface area contributed by atoms with Crippen LogP contribution in [-0.4, -0.2) is 28.4 Å². The average molecular weight is 427 g/mol. The van der Waals surface area contributed by atoms with E-state index in [0.717, 1.165) is 22.6 Å². The van der Waals surface area contributed by atoms with Crippen LogP contribution in [0.1, 0.15) is 29.8 Å². The number of ether oxygens (including phenoxy) is 2. The van der Waals surface area contributed by atoms with Crippen LogP contribution in [0.3, 0.4) is 0 Å². The number of imidazole rings is 1. The minimum atomic E-state index is -0.492. The largest absolute Gasteiger partial charge is 0.489 e. The van der Waals surface area contributed by atoms with Crippen molar-refractivity contribution in [2.75, 3.05) is 12.9 Å². The second-order valence-electron chi connectivity index (χ2n) is 7.32. The Kier molecular flexibility index (Phi) is 5.81. The van der Waals surface area contributed by atoms with Crippen molar-refractivity contribution < 1.29 is 18.7 Å². The van der Waals surface area contributed by atoms with Crippen LogP contribution in [0.2, 0.25) is 0 Å². The minimum absolute atomic E-state index is 0.226. The van der Waals surface area contributed by atoms with Gasteiger partial charge in [0, 0.05) is 30.6 Å². The van der Waals surface area contributed by atoms with Gasteiger partial charge < -0.3 is 14.0 Å². The van der Waals surface area contributed by atoms with Gasteiger partial charge in [0.2, 0.25) is 0 Å². The highest BCUT2D eigenvalue weighted by atomic mass is 32.2. The summed E-state index contributed by atoms with van der Waals surface area (Å²) in [7, 11) is 0. The third-order valence-corrected chi connectivity index (χ3v) is 6.77. The lowest BCUT2D eigenvalue weighted by molar-refractivity contribution is -0.148. The molecule has 30 heavy (non-hydrogen) atoms. The van der Waals surface area contributed by atoms with Crippen LogP contribution in [0.25, 0.3) is 5.69 Å². The Hall–Kier alpha value is -2.80. The van der Waals surface area contributed by atoms with Gasteiger partial charge in [-0.3, -0.25) is 4.79 Å². The van der Waals surface area contributed by atoms with E-state index in [2.05, 4.69) is 4.98 Å². The van der Waals surface area contributed by atoms with E-state index in [9.17, 15) is 9.18 Å². The molecule has 2 heterocycles. The molecule has 1 atom stereocenters. The number of carbonyl (C=O) groups excluding carboxylic acids is 1. The van der Waals surface area contributed by atoms with Crippen molar-refractivity contribution in [1.29, 1.82) is 0 Å². The van der Waals surface area contributed by atoms with E-state index in [1.165, 1.54) is 12.1 Å². The van der Waals surface area contributed by atoms with Gasteiger partial charge in [-0.2, -0.15) is 11.8 Å². The van der Waals surface area contributed by atoms with Gasteiger partial charge in [-0.25, -0.2) is 9.37 Å². The molecule has 1 aromatic heterocycles. The zero-order chi connectivity index (χ0) is 21.1. The topological polar surface area (TPSA) is 53.4 Å². The molecule has 1 fully saturated rings. The molecule has 0 bridgehead atoms.